The summed E-state index contributed by atoms with van der Waals surface area (Å²) in [7, 11) is 0. The molecule has 0 radical (unpaired) electrons. The maximum Gasteiger partial charge on any atom is 0.312 e. The average Bonchev–Trinajstić information content (AvgIpc) is 2.02. The Hall–Kier alpha value is -0.810. The SMILES string of the molecule is CC1(C)OCC(CNC(N)=O)CO1. The van der Waals surface area contributed by atoms with E-state index in [4.69, 9.17) is 15.2 Å². The molecule has 1 aliphatic rings. The molecule has 0 unspecified atom stereocenters. The number of ether oxygens (including phenoxy) is 2. The highest BCUT2D eigenvalue weighted by atomic mass is 16.7. The van der Waals surface area contributed by atoms with Gasteiger partial charge in [0.2, 0.25) is 0 Å². The Bertz CT molecular complexity index is 184. The third-order valence-corrected chi connectivity index (χ3v) is 1.90. The van der Waals surface area contributed by atoms with Crippen LogP contribution in [0.4, 0.5) is 4.79 Å². The zero-order valence-corrected chi connectivity index (χ0v) is 8.00. The highest BCUT2D eigenvalue weighted by molar-refractivity contribution is 5.71. The van der Waals surface area contributed by atoms with Crippen LogP contribution in [-0.2, 0) is 9.47 Å². The molecule has 5 nitrogen and oxygen atoms in total. The van der Waals surface area contributed by atoms with E-state index in [0.717, 1.165) is 0 Å². The molecule has 0 aliphatic carbocycles. The van der Waals surface area contributed by atoms with E-state index in [1.165, 1.54) is 0 Å². The number of primary amides is 1. The number of hydrogen-bond acceptors (Lipinski definition) is 3. The number of hydrogen-bond donors (Lipinski definition) is 2. The van der Waals surface area contributed by atoms with Gasteiger partial charge in [0.25, 0.3) is 0 Å². The number of nitrogens with two attached hydrogens (primary N) is 1. The van der Waals surface area contributed by atoms with E-state index < -0.39 is 11.8 Å². The zero-order chi connectivity index (χ0) is 9.90. The molecule has 3 N–H and O–H groups in total. The Morgan fingerprint density at radius 2 is 2.08 bits per heavy atom. The van der Waals surface area contributed by atoms with Crippen molar-refractivity contribution in [2.45, 2.75) is 19.6 Å². The summed E-state index contributed by atoms with van der Waals surface area (Å²) >= 11 is 0. The predicted octanol–water partition coefficient (Wildman–Crippen LogP) is 0.0538. The first-order valence-corrected chi connectivity index (χ1v) is 4.31. The van der Waals surface area contributed by atoms with Crippen LogP contribution in [0.5, 0.6) is 0 Å². The molecule has 0 aromatic rings. The fraction of sp³-hybridized carbons (Fsp3) is 0.875. The highest BCUT2D eigenvalue weighted by Gasteiger charge is 2.28. The number of carbonyl (C=O) groups excluding carboxylic acids is 1. The first-order chi connectivity index (χ1) is 5.99. The third kappa shape index (κ3) is 3.61. The van der Waals surface area contributed by atoms with Crippen LogP contribution in [0, 0.1) is 5.92 Å². The molecule has 1 rings (SSSR count). The molecule has 13 heavy (non-hydrogen) atoms. The standard InChI is InChI=1S/C8H16N2O3/c1-8(2)12-4-6(5-13-8)3-10-7(9)11/h6H,3-5H2,1-2H3,(H3,9,10,11). The molecule has 5 heteroatoms. The second-order valence-corrected chi connectivity index (χ2v) is 3.63. The van der Waals surface area contributed by atoms with E-state index >= 15 is 0 Å². The molecule has 76 valence electrons. The lowest BCUT2D eigenvalue weighted by Gasteiger charge is -2.34. The molecule has 0 bridgehead atoms. The molecule has 0 aromatic carbocycles. The summed E-state index contributed by atoms with van der Waals surface area (Å²) in [4.78, 5) is 10.4. The number of nitrogens with one attached hydrogen (secondary N) is 1. The molecule has 1 saturated heterocycles. The van der Waals surface area contributed by atoms with E-state index in [1.807, 2.05) is 13.8 Å². The summed E-state index contributed by atoms with van der Waals surface area (Å²) in [6.45, 7) is 5.42. The molecule has 0 saturated carbocycles. The Morgan fingerprint density at radius 1 is 1.54 bits per heavy atom. The summed E-state index contributed by atoms with van der Waals surface area (Å²) in [6.07, 6.45) is 0. The fourth-order valence-corrected chi connectivity index (χ4v) is 1.09. The van der Waals surface area contributed by atoms with E-state index in [9.17, 15) is 4.79 Å². The summed E-state index contributed by atoms with van der Waals surface area (Å²) in [5, 5.41) is 2.52. The Balaban J connectivity index is 2.21. The molecular weight excluding hydrogens is 172 g/mol. The van der Waals surface area contributed by atoms with Crippen LogP contribution in [0.15, 0.2) is 0 Å². The first kappa shape index (κ1) is 10.3. The number of rotatable bonds is 2. The van der Waals surface area contributed by atoms with Crippen LogP contribution in [-0.4, -0.2) is 31.6 Å². The lowest BCUT2D eigenvalue weighted by Crippen LogP contribution is -2.44. The summed E-state index contributed by atoms with van der Waals surface area (Å²) in [6, 6.07) is -0.509. The van der Waals surface area contributed by atoms with Gasteiger partial charge in [0.15, 0.2) is 5.79 Å². The van der Waals surface area contributed by atoms with Crippen LogP contribution in [0.2, 0.25) is 0 Å². The minimum atomic E-state index is -0.509. The molecule has 0 spiro atoms. The largest absolute Gasteiger partial charge is 0.352 e. The van der Waals surface area contributed by atoms with Gasteiger partial charge < -0.3 is 20.5 Å². The van der Waals surface area contributed by atoms with Crippen LogP contribution in [0.1, 0.15) is 13.8 Å². The van der Waals surface area contributed by atoms with Gasteiger partial charge in [0.05, 0.1) is 13.2 Å². The number of amides is 2. The van der Waals surface area contributed by atoms with Gasteiger partial charge in [0, 0.05) is 12.5 Å². The summed E-state index contributed by atoms with van der Waals surface area (Å²) in [5.74, 6) is -0.302. The van der Waals surface area contributed by atoms with Crippen molar-refractivity contribution in [3.63, 3.8) is 0 Å². The van der Waals surface area contributed by atoms with Crippen molar-refractivity contribution in [3.05, 3.63) is 0 Å². The maximum absolute atomic E-state index is 10.4. The van der Waals surface area contributed by atoms with Crippen LogP contribution < -0.4 is 11.1 Å². The Labute approximate surface area is 77.6 Å². The summed E-state index contributed by atoms with van der Waals surface area (Å²) in [5.41, 5.74) is 4.93. The van der Waals surface area contributed by atoms with Gasteiger partial charge in [-0.25, -0.2) is 4.79 Å². The lowest BCUT2D eigenvalue weighted by atomic mass is 10.1. The van der Waals surface area contributed by atoms with Crippen molar-refractivity contribution in [1.29, 1.82) is 0 Å². The van der Waals surface area contributed by atoms with Crippen molar-refractivity contribution in [2.24, 2.45) is 11.7 Å². The maximum atomic E-state index is 10.4. The van der Waals surface area contributed by atoms with Crippen molar-refractivity contribution >= 4 is 6.03 Å². The molecular formula is C8H16N2O3. The smallest absolute Gasteiger partial charge is 0.312 e. The fourth-order valence-electron chi connectivity index (χ4n) is 1.09. The van der Waals surface area contributed by atoms with Crippen LogP contribution >= 0.6 is 0 Å². The van der Waals surface area contributed by atoms with Gasteiger partial charge in [-0.15, -0.1) is 0 Å². The summed E-state index contributed by atoms with van der Waals surface area (Å²) < 4.78 is 10.8. The second-order valence-electron chi connectivity index (χ2n) is 3.63. The van der Waals surface area contributed by atoms with Crippen molar-refractivity contribution in [1.82, 2.24) is 5.32 Å². The number of urea groups is 1. The minimum absolute atomic E-state index is 0.195. The lowest BCUT2D eigenvalue weighted by molar-refractivity contribution is -0.261. The van der Waals surface area contributed by atoms with E-state index in [0.29, 0.717) is 19.8 Å². The Morgan fingerprint density at radius 3 is 2.54 bits per heavy atom. The molecule has 1 heterocycles. The second kappa shape index (κ2) is 3.93. The monoisotopic (exact) mass is 188 g/mol. The van der Waals surface area contributed by atoms with Crippen molar-refractivity contribution in [2.75, 3.05) is 19.8 Å². The topological polar surface area (TPSA) is 73.6 Å². The first-order valence-electron chi connectivity index (χ1n) is 4.31. The van der Waals surface area contributed by atoms with E-state index in [2.05, 4.69) is 5.32 Å². The number of carbonyl (C=O) groups is 1. The van der Waals surface area contributed by atoms with Gasteiger partial charge in [-0.3, -0.25) is 0 Å². The van der Waals surface area contributed by atoms with E-state index in [-0.39, 0.29) is 5.92 Å². The quantitative estimate of drug-likeness (QED) is 0.643. The normalized spacial score (nSPS) is 22.6. The third-order valence-electron chi connectivity index (χ3n) is 1.90. The van der Waals surface area contributed by atoms with E-state index in [1.54, 1.807) is 0 Å². The van der Waals surface area contributed by atoms with Gasteiger partial charge in [-0.05, 0) is 13.8 Å². The van der Waals surface area contributed by atoms with Crippen LogP contribution in [0.25, 0.3) is 0 Å². The average molecular weight is 188 g/mol. The van der Waals surface area contributed by atoms with Crippen molar-refractivity contribution < 1.29 is 14.3 Å². The van der Waals surface area contributed by atoms with Gasteiger partial charge in [-0.1, -0.05) is 0 Å². The van der Waals surface area contributed by atoms with Gasteiger partial charge in [-0.2, -0.15) is 0 Å². The Kier molecular flexibility index (Phi) is 3.11. The molecule has 2 amide bonds. The van der Waals surface area contributed by atoms with Crippen molar-refractivity contribution in [3.8, 4) is 0 Å². The predicted molar refractivity (Wildman–Crippen MR) is 47.1 cm³/mol. The van der Waals surface area contributed by atoms with Gasteiger partial charge in [0.1, 0.15) is 0 Å². The van der Waals surface area contributed by atoms with Crippen LogP contribution in [0.3, 0.4) is 0 Å². The molecule has 1 aliphatic heterocycles. The zero-order valence-electron chi connectivity index (χ0n) is 8.00. The molecule has 0 aromatic heterocycles. The molecule has 1 fully saturated rings. The highest BCUT2D eigenvalue weighted by Crippen LogP contribution is 2.19. The minimum Gasteiger partial charge on any atom is -0.352 e. The van der Waals surface area contributed by atoms with Gasteiger partial charge >= 0.3 is 6.03 Å². The molecule has 0 atom stereocenters.